The van der Waals surface area contributed by atoms with Gasteiger partial charge in [-0.1, -0.05) is 61.8 Å². The maximum Gasteiger partial charge on any atom is 0.265 e. The Bertz CT molecular complexity index is 1400. The Morgan fingerprint density at radius 1 is 0.969 bits per heavy atom. The summed E-state index contributed by atoms with van der Waals surface area (Å²) < 4.78 is 29.3. The lowest BCUT2D eigenvalue weighted by Gasteiger charge is -2.20. The second kappa shape index (κ2) is 8.94. The van der Waals surface area contributed by atoms with Crippen molar-refractivity contribution >= 4 is 61.0 Å². The first-order chi connectivity index (χ1) is 15.2. The van der Waals surface area contributed by atoms with Crippen LogP contribution >= 0.6 is 22.9 Å². The first-order valence-electron chi connectivity index (χ1n) is 9.94. The van der Waals surface area contributed by atoms with E-state index in [1.54, 1.807) is 47.8 Å². The number of hydrogen-bond acceptors (Lipinski definition) is 4. The van der Waals surface area contributed by atoms with Gasteiger partial charge in [0.2, 0.25) is 0 Å². The minimum absolute atomic E-state index is 0.0413. The van der Waals surface area contributed by atoms with E-state index in [1.807, 2.05) is 38.1 Å². The third-order valence-corrected chi connectivity index (χ3v) is 7.45. The summed E-state index contributed by atoms with van der Waals surface area (Å²) in [5.41, 5.74) is 1.30. The molecule has 1 aromatic heterocycles. The largest absolute Gasteiger partial charge is 0.319 e. The number of hydrogen-bond donors (Lipinski definition) is 2. The summed E-state index contributed by atoms with van der Waals surface area (Å²) in [5, 5.41) is 6.79. The number of fused-ring (bicyclic) bond motifs is 1. The molecule has 5 nitrogen and oxygen atoms in total. The fourth-order valence-corrected chi connectivity index (χ4v) is 5.40. The van der Waals surface area contributed by atoms with E-state index in [0.29, 0.717) is 26.8 Å². The standard InChI is InChI=1S/C24H21ClN2O3S2/c1-15(2)20-13-18(25)14-21(26-24(28)22-8-5-11-31-22)23(20)27-32(29,30)19-10-9-16-6-3-4-7-17(16)12-19/h3-15,27H,1-2H3,(H,26,28). The Hall–Kier alpha value is -2.87. The number of rotatable bonds is 6. The molecule has 0 fully saturated rings. The highest BCUT2D eigenvalue weighted by atomic mass is 35.5. The minimum Gasteiger partial charge on any atom is -0.319 e. The van der Waals surface area contributed by atoms with E-state index in [-0.39, 0.29) is 16.7 Å². The number of thiophene rings is 1. The number of benzene rings is 3. The molecule has 0 saturated carbocycles. The fraction of sp³-hybridized carbons (Fsp3) is 0.125. The molecule has 0 radical (unpaired) electrons. The molecule has 1 heterocycles. The van der Waals surface area contributed by atoms with Gasteiger partial charge in [0.15, 0.2) is 0 Å². The molecular formula is C24H21ClN2O3S2. The first kappa shape index (κ1) is 22.3. The fourth-order valence-electron chi connectivity index (χ4n) is 3.42. The van der Waals surface area contributed by atoms with Crippen molar-refractivity contribution in [3.05, 3.63) is 87.6 Å². The number of halogens is 1. The van der Waals surface area contributed by atoms with Crippen LogP contribution in [-0.2, 0) is 10.0 Å². The second-order valence-electron chi connectivity index (χ2n) is 7.62. The van der Waals surface area contributed by atoms with E-state index in [4.69, 9.17) is 11.6 Å². The van der Waals surface area contributed by atoms with E-state index in [2.05, 4.69) is 10.0 Å². The molecule has 32 heavy (non-hydrogen) atoms. The van der Waals surface area contributed by atoms with E-state index in [1.165, 1.54) is 11.3 Å². The summed E-state index contributed by atoms with van der Waals surface area (Å²) in [7, 11) is -3.93. The molecule has 0 bridgehead atoms. The molecule has 8 heteroatoms. The average Bonchev–Trinajstić information content (AvgIpc) is 3.30. The highest BCUT2D eigenvalue weighted by Crippen LogP contribution is 2.37. The first-order valence-corrected chi connectivity index (χ1v) is 12.7. The van der Waals surface area contributed by atoms with Crippen LogP contribution < -0.4 is 10.0 Å². The Kier molecular flexibility index (Phi) is 6.24. The van der Waals surface area contributed by atoms with Crippen molar-refractivity contribution < 1.29 is 13.2 Å². The van der Waals surface area contributed by atoms with E-state index < -0.39 is 10.0 Å². The zero-order valence-corrected chi connectivity index (χ0v) is 19.8. The summed E-state index contributed by atoms with van der Waals surface area (Å²) >= 11 is 7.60. The van der Waals surface area contributed by atoms with Crippen LogP contribution in [0.15, 0.2) is 77.0 Å². The quantitative estimate of drug-likeness (QED) is 0.318. The SMILES string of the molecule is CC(C)c1cc(Cl)cc(NC(=O)c2cccs2)c1NS(=O)(=O)c1ccc2ccccc2c1. The molecule has 0 aliphatic heterocycles. The van der Waals surface area contributed by atoms with Gasteiger partial charge in [-0.3, -0.25) is 9.52 Å². The number of carbonyl (C=O) groups is 1. The van der Waals surface area contributed by atoms with Crippen LogP contribution in [0.4, 0.5) is 11.4 Å². The monoisotopic (exact) mass is 484 g/mol. The predicted octanol–water partition coefficient (Wildman–Crippen LogP) is 6.73. The molecule has 0 atom stereocenters. The Morgan fingerprint density at radius 3 is 2.41 bits per heavy atom. The van der Waals surface area contributed by atoms with Crippen molar-refractivity contribution in [3.63, 3.8) is 0 Å². The van der Waals surface area contributed by atoms with Gasteiger partial charge in [0.05, 0.1) is 21.1 Å². The zero-order chi connectivity index (χ0) is 22.9. The zero-order valence-electron chi connectivity index (χ0n) is 17.4. The molecule has 2 N–H and O–H groups in total. The summed E-state index contributed by atoms with van der Waals surface area (Å²) in [5.74, 6) is -0.372. The van der Waals surface area contributed by atoms with Gasteiger partial charge in [-0.05, 0) is 58.0 Å². The highest BCUT2D eigenvalue weighted by Gasteiger charge is 2.22. The Balaban J connectivity index is 1.77. The van der Waals surface area contributed by atoms with Crippen LogP contribution in [0.3, 0.4) is 0 Å². The van der Waals surface area contributed by atoms with Gasteiger partial charge >= 0.3 is 0 Å². The van der Waals surface area contributed by atoms with Crippen molar-refractivity contribution in [1.29, 1.82) is 0 Å². The lowest BCUT2D eigenvalue weighted by molar-refractivity contribution is 0.103. The molecular weight excluding hydrogens is 464 g/mol. The van der Waals surface area contributed by atoms with Crippen molar-refractivity contribution in [3.8, 4) is 0 Å². The van der Waals surface area contributed by atoms with E-state index >= 15 is 0 Å². The van der Waals surface area contributed by atoms with Crippen LogP contribution in [-0.4, -0.2) is 14.3 Å². The summed E-state index contributed by atoms with van der Waals surface area (Å²) in [6, 6.07) is 19.3. The molecule has 1 amide bonds. The van der Waals surface area contributed by atoms with Crippen molar-refractivity contribution in [2.75, 3.05) is 10.0 Å². The van der Waals surface area contributed by atoms with Gasteiger partial charge in [0.1, 0.15) is 0 Å². The molecule has 4 aromatic rings. The van der Waals surface area contributed by atoms with E-state index in [0.717, 1.165) is 10.8 Å². The number of amides is 1. The van der Waals surface area contributed by atoms with Gasteiger partial charge in [-0.2, -0.15) is 0 Å². The van der Waals surface area contributed by atoms with Gasteiger partial charge in [0, 0.05) is 5.02 Å². The molecule has 3 aromatic carbocycles. The van der Waals surface area contributed by atoms with Crippen LogP contribution in [0.5, 0.6) is 0 Å². The summed E-state index contributed by atoms with van der Waals surface area (Å²) in [4.78, 5) is 13.3. The van der Waals surface area contributed by atoms with Crippen LogP contribution in [0.25, 0.3) is 10.8 Å². The Labute approximate surface area is 196 Å². The number of carbonyl (C=O) groups excluding carboxylic acids is 1. The van der Waals surface area contributed by atoms with Crippen molar-refractivity contribution in [2.45, 2.75) is 24.7 Å². The van der Waals surface area contributed by atoms with Crippen LogP contribution in [0.2, 0.25) is 5.02 Å². The maximum absolute atomic E-state index is 13.3. The van der Waals surface area contributed by atoms with Crippen LogP contribution in [0.1, 0.15) is 35.0 Å². The number of nitrogens with one attached hydrogen (secondary N) is 2. The molecule has 0 spiro atoms. The van der Waals surface area contributed by atoms with Gasteiger partial charge in [-0.15, -0.1) is 11.3 Å². The molecule has 164 valence electrons. The summed E-state index contributed by atoms with van der Waals surface area (Å²) in [6.07, 6.45) is 0. The topological polar surface area (TPSA) is 75.3 Å². The maximum atomic E-state index is 13.3. The predicted molar refractivity (Wildman–Crippen MR) is 133 cm³/mol. The lowest BCUT2D eigenvalue weighted by atomic mass is 10.0. The van der Waals surface area contributed by atoms with Crippen molar-refractivity contribution in [1.82, 2.24) is 0 Å². The third-order valence-electron chi connectivity index (χ3n) is 5.02. The highest BCUT2D eigenvalue weighted by molar-refractivity contribution is 7.92. The van der Waals surface area contributed by atoms with Gasteiger partial charge in [-0.25, -0.2) is 8.42 Å². The minimum atomic E-state index is -3.93. The van der Waals surface area contributed by atoms with Crippen LogP contribution in [0, 0.1) is 0 Å². The van der Waals surface area contributed by atoms with Gasteiger partial charge < -0.3 is 5.32 Å². The van der Waals surface area contributed by atoms with Crippen molar-refractivity contribution in [2.24, 2.45) is 0 Å². The molecule has 0 aliphatic rings. The normalized spacial score (nSPS) is 11.6. The molecule has 0 saturated heterocycles. The van der Waals surface area contributed by atoms with E-state index in [9.17, 15) is 13.2 Å². The second-order valence-corrected chi connectivity index (χ2v) is 10.7. The average molecular weight is 485 g/mol. The smallest absolute Gasteiger partial charge is 0.265 e. The molecule has 0 aliphatic carbocycles. The lowest BCUT2D eigenvalue weighted by Crippen LogP contribution is -2.18. The molecule has 4 rings (SSSR count). The van der Waals surface area contributed by atoms with Gasteiger partial charge in [0.25, 0.3) is 15.9 Å². The number of sulfonamides is 1. The number of anilines is 2. The third kappa shape index (κ3) is 4.65. The molecule has 0 unspecified atom stereocenters. The Morgan fingerprint density at radius 2 is 1.72 bits per heavy atom. The summed E-state index contributed by atoms with van der Waals surface area (Å²) in [6.45, 7) is 3.87.